The van der Waals surface area contributed by atoms with Gasteiger partial charge in [0.1, 0.15) is 6.54 Å². The first-order valence-electron chi connectivity index (χ1n) is 7.78. The van der Waals surface area contributed by atoms with E-state index in [0.29, 0.717) is 26.3 Å². The summed E-state index contributed by atoms with van der Waals surface area (Å²) < 4.78 is 6.92. The zero-order valence-electron chi connectivity index (χ0n) is 13.2. The number of carbonyl (C=O) groups excluding carboxylic acids is 1. The minimum atomic E-state index is 0.0701. The molecule has 1 N–H and O–H groups in total. The van der Waals surface area contributed by atoms with E-state index >= 15 is 0 Å². The van der Waals surface area contributed by atoms with Gasteiger partial charge in [0.25, 0.3) is 0 Å². The Morgan fingerprint density at radius 1 is 1.39 bits per heavy atom. The molecule has 122 valence electrons. The molecule has 1 fully saturated rings. The van der Waals surface area contributed by atoms with Gasteiger partial charge >= 0.3 is 0 Å². The van der Waals surface area contributed by atoms with Crippen molar-refractivity contribution in [3.8, 4) is 0 Å². The number of ether oxygens (including phenoxy) is 1. The molecule has 0 spiro atoms. The number of nitrogens with zero attached hydrogens (tertiary/aromatic N) is 4. The number of carbonyl (C=O) groups is 1. The SMILES string of the molecule is C[C@@H](Nc1cnn(CC(=O)N2CCOCC2)c1)c1ccccn1. The number of aromatic nitrogens is 3. The summed E-state index contributed by atoms with van der Waals surface area (Å²) in [4.78, 5) is 18.3. The van der Waals surface area contributed by atoms with Crippen LogP contribution in [0.15, 0.2) is 36.8 Å². The Labute approximate surface area is 135 Å². The molecule has 23 heavy (non-hydrogen) atoms. The predicted octanol–water partition coefficient (Wildman–Crippen LogP) is 1.31. The molecule has 3 rings (SSSR count). The molecule has 1 atom stereocenters. The van der Waals surface area contributed by atoms with Gasteiger partial charge in [0.2, 0.25) is 5.91 Å². The molecule has 0 unspecified atom stereocenters. The normalized spacial score (nSPS) is 16.1. The van der Waals surface area contributed by atoms with Gasteiger partial charge in [0.05, 0.1) is 36.8 Å². The summed E-state index contributed by atoms with van der Waals surface area (Å²) in [5.41, 5.74) is 1.84. The van der Waals surface area contributed by atoms with Gasteiger partial charge in [-0.25, -0.2) is 0 Å². The molecule has 3 heterocycles. The Morgan fingerprint density at radius 2 is 2.22 bits per heavy atom. The monoisotopic (exact) mass is 315 g/mol. The lowest BCUT2D eigenvalue weighted by atomic mass is 10.2. The first kappa shape index (κ1) is 15.5. The summed E-state index contributed by atoms with van der Waals surface area (Å²) in [5.74, 6) is 0.0701. The maximum atomic E-state index is 12.2. The van der Waals surface area contributed by atoms with E-state index in [1.807, 2.05) is 36.2 Å². The number of amides is 1. The molecule has 1 aliphatic rings. The molecule has 0 aliphatic carbocycles. The highest BCUT2D eigenvalue weighted by molar-refractivity contribution is 5.76. The van der Waals surface area contributed by atoms with Crippen LogP contribution in [-0.4, -0.2) is 51.9 Å². The van der Waals surface area contributed by atoms with Gasteiger partial charge < -0.3 is 15.0 Å². The van der Waals surface area contributed by atoms with Crippen LogP contribution in [0.25, 0.3) is 0 Å². The molecule has 0 saturated carbocycles. The van der Waals surface area contributed by atoms with E-state index in [1.165, 1.54) is 0 Å². The molecule has 2 aromatic rings. The van der Waals surface area contributed by atoms with E-state index in [0.717, 1.165) is 11.4 Å². The fourth-order valence-electron chi connectivity index (χ4n) is 2.53. The van der Waals surface area contributed by atoms with Crippen molar-refractivity contribution in [2.75, 3.05) is 31.6 Å². The molecule has 0 aromatic carbocycles. The fraction of sp³-hybridized carbons (Fsp3) is 0.438. The second-order valence-electron chi connectivity index (χ2n) is 5.54. The summed E-state index contributed by atoms with van der Waals surface area (Å²) in [7, 11) is 0. The second kappa shape index (κ2) is 7.23. The molecule has 0 radical (unpaired) electrons. The van der Waals surface area contributed by atoms with Crippen LogP contribution >= 0.6 is 0 Å². The minimum absolute atomic E-state index is 0.0701. The predicted molar refractivity (Wildman–Crippen MR) is 85.9 cm³/mol. The van der Waals surface area contributed by atoms with Gasteiger partial charge in [-0.05, 0) is 19.1 Å². The van der Waals surface area contributed by atoms with Crippen LogP contribution < -0.4 is 5.32 Å². The summed E-state index contributed by atoms with van der Waals surface area (Å²) >= 11 is 0. The average molecular weight is 315 g/mol. The number of anilines is 1. The first-order chi connectivity index (χ1) is 11.2. The molecular weight excluding hydrogens is 294 g/mol. The number of nitrogens with one attached hydrogen (secondary N) is 1. The largest absolute Gasteiger partial charge is 0.378 e. The Hall–Kier alpha value is -2.41. The number of rotatable bonds is 5. The second-order valence-corrected chi connectivity index (χ2v) is 5.54. The third kappa shape index (κ3) is 4.07. The Kier molecular flexibility index (Phi) is 4.87. The summed E-state index contributed by atoms with van der Waals surface area (Å²) in [6.07, 6.45) is 5.35. The summed E-state index contributed by atoms with van der Waals surface area (Å²) in [5, 5.41) is 7.59. The Bertz CT molecular complexity index is 637. The molecule has 0 bridgehead atoms. The summed E-state index contributed by atoms with van der Waals surface area (Å²) in [6, 6.07) is 5.91. The van der Waals surface area contributed by atoms with E-state index in [2.05, 4.69) is 15.4 Å². The third-order valence-electron chi connectivity index (χ3n) is 3.81. The molecule has 1 aliphatic heterocycles. The quantitative estimate of drug-likeness (QED) is 0.901. The van der Waals surface area contributed by atoms with Crippen LogP contribution in [0.3, 0.4) is 0 Å². The number of hydrogen-bond donors (Lipinski definition) is 1. The number of pyridine rings is 1. The van der Waals surface area contributed by atoms with E-state index in [1.54, 1.807) is 17.1 Å². The molecule has 7 heteroatoms. The highest BCUT2D eigenvalue weighted by atomic mass is 16.5. The van der Waals surface area contributed by atoms with Crippen molar-refractivity contribution in [3.63, 3.8) is 0 Å². The van der Waals surface area contributed by atoms with Crippen LogP contribution in [0.1, 0.15) is 18.7 Å². The summed E-state index contributed by atoms with van der Waals surface area (Å²) in [6.45, 7) is 4.82. The average Bonchev–Trinajstić information content (AvgIpc) is 3.03. The molecule has 7 nitrogen and oxygen atoms in total. The lowest BCUT2D eigenvalue weighted by Gasteiger charge is -2.26. The van der Waals surface area contributed by atoms with Crippen molar-refractivity contribution in [1.82, 2.24) is 19.7 Å². The zero-order valence-corrected chi connectivity index (χ0v) is 13.2. The van der Waals surface area contributed by atoms with Gasteiger partial charge in [0, 0.05) is 25.5 Å². The molecule has 2 aromatic heterocycles. The van der Waals surface area contributed by atoms with E-state index in [4.69, 9.17) is 4.74 Å². The van der Waals surface area contributed by atoms with Crippen molar-refractivity contribution in [2.45, 2.75) is 19.5 Å². The Balaban J connectivity index is 1.56. The Morgan fingerprint density at radius 3 is 2.96 bits per heavy atom. The molecule has 1 amide bonds. The smallest absolute Gasteiger partial charge is 0.244 e. The van der Waals surface area contributed by atoms with Crippen molar-refractivity contribution in [1.29, 1.82) is 0 Å². The molecule has 1 saturated heterocycles. The standard InChI is InChI=1S/C16H21N5O2/c1-13(15-4-2-3-5-17-15)19-14-10-18-21(11-14)12-16(22)20-6-8-23-9-7-20/h2-5,10-11,13,19H,6-9,12H2,1H3/t13-/m1/s1. The first-order valence-corrected chi connectivity index (χ1v) is 7.78. The van der Waals surface area contributed by atoms with Crippen molar-refractivity contribution < 1.29 is 9.53 Å². The number of morpholine rings is 1. The van der Waals surface area contributed by atoms with E-state index in [9.17, 15) is 4.79 Å². The zero-order chi connectivity index (χ0) is 16.1. The van der Waals surface area contributed by atoms with Crippen molar-refractivity contribution in [3.05, 3.63) is 42.5 Å². The van der Waals surface area contributed by atoms with Gasteiger partial charge in [-0.1, -0.05) is 6.07 Å². The topological polar surface area (TPSA) is 72.3 Å². The van der Waals surface area contributed by atoms with Gasteiger partial charge in [0.15, 0.2) is 0 Å². The number of hydrogen-bond acceptors (Lipinski definition) is 5. The van der Waals surface area contributed by atoms with Crippen molar-refractivity contribution >= 4 is 11.6 Å². The van der Waals surface area contributed by atoms with E-state index < -0.39 is 0 Å². The van der Waals surface area contributed by atoms with Crippen LogP contribution in [0, 0.1) is 0 Å². The maximum absolute atomic E-state index is 12.2. The molecular formula is C16H21N5O2. The van der Waals surface area contributed by atoms with Crippen LogP contribution in [0.2, 0.25) is 0 Å². The van der Waals surface area contributed by atoms with Crippen LogP contribution in [-0.2, 0) is 16.1 Å². The van der Waals surface area contributed by atoms with Crippen molar-refractivity contribution in [2.24, 2.45) is 0 Å². The van der Waals surface area contributed by atoms with E-state index in [-0.39, 0.29) is 18.5 Å². The fourth-order valence-corrected chi connectivity index (χ4v) is 2.53. The van der Waals surface area contributed by atoms with Crippen LogP contribution in [0.5, 0.6) is 0 Å². The van der Waals surface area contributed by atoms with Gasteiger partial charge in [-0.15, -0.1) is 0 Å². The minimum Gasteiger partial charge on any atom is -0.378 e. The lowest BCUT2D eigenvalue weighted by molar-refractivity contribution is -0.136. The highest BCUT2D eigenvalue weighted by Crippen LogP contribution is 2.16. The van der Waals surface area contributed by atoms with Crippen LogP contribution in [0.4, 0.5) is 5.69 Å². The highest BCUT2D eigenvalue weighted by Gasteiger charge is 2.17. The maximum Gasteiger partial charge on any atom is 0.244 e. The van der Waals surface area contributed by atoms with Gasteiger partial charge in [-0.2, -0.15) is 5.10 Å². The lowest BCUT2D eigenvalue weighted by Crippen LogP contribution is -2.42. The third-order valence-corrected chi connectivity index (χ3v) is 3.81. The van der Waals surface area contributed by atoms with Gasteiger partial charge in [-0.3, -0.25) is 14.5 Å².